The van der Waals surface area contributed by atoms with Gasteiger partial charge in [0.1, 0.15) is 18.1 Å². The van der Waals surface area contributed by atoms with Crippen LogP contribution >= 0.6 is 0 Å². The minimum Gasteiger partial charge on any atom is -0.508 e. The van der Waals surface area contributed by atoms with E-state index in [1.165, 1.54) is 24.4 Å². The number of aromatic nitrogens is 1. The third kappa shape index (κ3) is 2.70. The number of nitrogens with zero attached hydrogens (tertiary/aromatic N) is 1. The minimum atomic E-state index is -0.521. The van der Waals surface area contributed by atoms with Crippen molar-refractivity contribution in [1.29, 1.82) is 0 Å². The summed E-state index contributed by atoms with van der Waals surface area (Å²) in [6.07, 6.45) is 1.39. The third-order valence-electron chi connectivity index (χ3n) is 2.03. The molecule has 0 aliphatic rings. The van der Waals surface area contributed by atoms with Crippen LogP contribution in [0.1, 0.15) is 5.56 Å². The van der Waals surface area contributed by atoms with E-state index >= 15 is 0 Å². The van der Waals surface area contributed by atoms with Gasteiger partial charge in [-0.15, -0.1) is 0 Å². The fourth-order valence-electron chi connectivity index (χ4n) is 1.24. The van der Waals surface area contributed by atoms with Gasteiger partial charge in [-0.05, 0) is 42.0 Å². The second kappa shape index (κ2) is 4.61. The molecule has 0 amide bonds. The number of aromatic hydroxyl groups is 1. The summed E-state index contributed by atoms with van der Waals surface area (Å²) in [5.41, 5.74) is 0.709. The zero-order valence-electron chi connectivity index (χ0n) is 8.43. The lowest BCUT2D eigenvalue weighted by Crippen LogP contribution is -1.96. The standard InChI is InChI=1S/C12H10FNO2/c13-12-7-9(5-6-14-12)8-16-11-3-1-10(15)2-4-11/h1-7,15H,8H2. The highest BCUT2D eigenvalue weighted by molar-refractivity contribution is 5.30. The smallest absolute Gasteiger partial charge is 0.213 e. The Kier molecular flexibility index (Phi) is 3.00. The molecule has 0 saturated heterocycles. The molecule has 0 aliphatic carbocycles. The Labute approximate surface area is 92.1 Å². The van der Waals surface area contributed by atoms with Crippen LogP contribution in [-0.2, 0) is 6.61 Å². The summed E-state index contributed by atoms with van der Waals surface area (Å²) in [5.74, 6) is 0.282. The number of ether oxygens (including phenoxy) is 1. The van der Waals surface area contributed by atoms with E-state index in [1.54, 1.807) is 18.2 Å². The van der Waals surface area contributed by atoms with Crippen LogP contribution in [0.25, 0.3) is 0 Å². The minimum absolute atomic E-state index is 0.183. The van der Waals surface area contributed by atoms with E-state index in [1.807, 2.05) is 0 Å². The van der Waals surface area contributed by atoms with E-state index in [-0.39, 0.29) is 12.4 Å². The molecule has 0 fully saturated rings. The van der Waals surface area contributed by atoms with Crippen LogP contribution < -0.4 is 4.74 Å². The Morgan fingerprint density at radius 2 is 1.94 bits per heavy atom. The molecule has 1 aromatic heterocycles. The van der Waals surface area contributed by atoms with Crippen LogP contribution in [0, 0.1) is 5.95 Å². The number of pyridine rings is 1. The first kappa shape index (κ1) is 10.4. The van der Waals surface area contributed by atoms with Crippen LogP contribution in [0.4, 0.5) is 4.39 Å². The molecule has 0 saturated carbocycles. The van der Waals surface area contributed by atoms with Crippen LogP contribution in [-0.4, -0.2) is 10.1 Å². The molecule has 1 N–H and O–H groups in total. The molecule has 2 aromatic rings. The van der Waals surface area contributed by atoms with Crippen LogP contribution in [0.15, 0.2) is 42.6 Å². The molecular formula is C12H10FNO2. The first-order chi connectivity index (χ1) is 7.74. The Morgan fingerprint density at radius 3 is 2.62 bits per heavy atom. The molecule has 0 aliphatic heterocycles. The van der Waals surface area contributed by atoms with Gasteiger partial charge in [-0.2, -0.15) is 4.39 Å². The third-order valence-corrected chi connectivity index (χ3v) is 2.03. The molecule has 4 heteroatoms. The monoisotopic (exact) mass is 219 g/mol. The fraction of sp³-hybridized carbons (Fsp3) is 0.0833. The lowest BCUT2D eigenvalue weighted by Gasteiger charge is -2.05. The Balaban J connectivity index is 1.99. The summed E-state index contributed by atoms with van der Waals surface area (Å²) < 4.78 is 18.1. The quantitative estimate of drug-likeness (QED) is 0.806. The fourth-order valence-corrected chi connectivity index (χ4v) is 1.24. The van der Waals surface area contributed by atoms with Gasteiger partial charge in [-0.1, -0.05) is 0 Å². The molecule has 2 rings (SSSR count). The summed E-state index contributed by atoms with van der Waals surface area (Å²) in [5, 5.41) is 9.06. The Hall–Kier alpha value is -2.10. The first-order valence-electron chi connectivity index (χ1n) is 4.76. The van der Waals surface area contributed by atoms with Crippen molar-refractivity contribution >= 4 is 0 Å². The molecule has 16 heavy (non-hydrogen) atoms. The number of hydrogen-bond acceptors (Lipinski definition) is 3. The van der Waals surface area contributed by atoms with Gasteiger partial charge in [-0.25, -0.2) is 4.98 Å². The van der Waals surface area contributed by atoms with Gasteiger partial charge in [0, 0.05) is 6.20 Å². The molecule has 82 valence electrons. The summed E-state index contributed by atoms with van der Waals surface area (Å²) in [6, 6.07) is 9.36. The van der Waals surface area contributed by atoms with Gasteiger partial charge < -0.3 is 9.84 Å². The highest BCUT2D eigenvalue weighted by atomic mass is 19.1. The van der Waals surface area contributed by atoms with Crippen molar-refractivity contribution in [3.8, 4) is 11.5 Å². The van der Waals surface area contributed by atoms with E-state index in [9.17, 15) is 4.39 Å². The van der Waals surface area contributed by atoms with Gasteiger partial charge in [0.2, 0.25) is 5.95 Å². The van der Waals surface area contributed by atoms with Crippen molar-refractivity contribution < 1.29 is 14.2 Å². The van der Waals surface area contributed by atoms with E-state index in [4.69, 9.17) is 9.84 Å². The van der Waals surface area contributed by atoms with Gasteiger partial charge in [0.15, 0.2) is 0 Å². The number of phenolic OH excluding ortho intramolecular Hbond substituents is 1. The lowest BCUT2D eigenvalue weighted by atomic mass is 10.3. The highest BCUT2D eigenvalue weighted by Gasteiger charge is 1.98. The molecule has 0 unspecified atom stereocenters. The zero-order valence-corrected chi connectivity index (χ0v) is 8.43. The van der Waals surface area contributed by atoms with Gasteiger partial charge in [-0.3, -0.25) is 0 Å². The van der Waals surface area contributed by atoms with Crippen LogP contribution in [0.5, 0.6) is 11.5 Å². The summed E-state index contributed by atoms with van der Waals surface area (Å²) in [7, 11) is 0. The maximum absolute atomic E-state index is 12.7. The average molecular weight is 219 g/mol. The normalized spacial score (nSPS) is 10.1. The number of hydrogen-bond donors (Lipinski definition) is 1. The molecule has 0 radical (unpaired) electrons. The molecule has 1 heterocycles. The topological polar surface area (TPSA) is 42.4 Å². The molecule has 0 atom stereocenters. The highest BCUT2D eigenvalue weighted by Crippen LogP contribution is 2.17. The first-order valence-corrected chi connectivity index (χ1v) is 4.76. The van der Waals surface area contributed by atoms with Crippen molar-refractivity contribution in [3.05, 3.63) is 54.1 Å². The molecule has 1 aromatic carbocycles. The molecular weight excluding hydrogens is 209 g/mol. The largest absolute Gasteiger partial charge is 0.508 e. The van der Waals surface area contributed by atoms with Gasteiger partial charge in [0.05, 0.1) is 0 Å². The molecule has 0 spiro atoms. The zero-order chi connectivity index (χ0) is 11.4. The van der Waals surface area contributed by atoms with Gasteiger partial charge in [0.25, 0.3) is 0 Å². The van der Waals surface area contributed by atoms with Crippen molar-refractivity contribution in [2.45, 2.75) is 6.61 Å². The Bertz CT molecular complexity index is 471. The maximum Gasteiger partial charge on any atom is 0.213 e. The molecule has 0 bridgehead atoms. The summed E-state index contributed by atoms with van der Waals surface area (Å²) in [6.45, 7) is 0.268. The van der Waals surface area contributed by atoms with Gasteiger partial charge >= 0.3 is 0 Å². The van der Waals surface area contributed by atoms with E-state index < -0.39 is 5.95 Å². The van der Waals surface area contributed by atoms with E-state index in [2.05, 4.69) is 4.98 Å². The second-order valence-corrected chi connectivity index (χ2v) is 3.27. The van der Waals surface area contributed by atoms with Crippen molar-refractivity contribution in [2.24, 2.45) is 0 Å². The predicted octanol–water partition coefficient (Wildman–Crippen LogP) is 2.51. The van der Waals surface area contributed by atoms with Crippen LogP contribution in [0.3, 0.4) is 0 Å². The SMILES string of the molecule is Oc1ccc(OCc2ccnc(F)c2)cc1. The number of benzene rings is 1. The number of halogens is 1. The van der Waals surface area contributed by atoms with Crippen molar-refractivity contribution in [2.75, 3.05) is 0 Å². The van der Waals surface area contributed by atoms with E-state index in [0.29, 0.717) is 11.3 Å². The van der Waals surface area contributed by atoms with Crippen molar-refractivity contribution in [3.63, 3.8) is 0 Å². The van der Waals surface area contributed by atoms with Crippen LogP contribution in [0.2, 0.25) is 0 Å². The van der Waals surface area contributed by atoms with E-state index in [0.717, 1.165) is 0 Å². The maximum atomic E-state index is 12.7. The number of phenols is 1. The number of rotatable bonds is 3. The predicted molar refractivity (Wildman–Crippen MR) is 56.6 cm³/mol. The Morgan fingerprint density at radius 1 is 1.19 bits per heavy atom. The summed E-state index contributed by atoms with van der Waals surface area (Å²) in [4.78, 5) is 3.45. The summed E-state index contributed by atoms with van der Waals surface area (Å²) >= 11 is 0. The average Bonchev–Trinajstić information content (AvgIpc) is 2.28. The van der Waals surface area contributed by atoms with Crippen molar-refractivity contribution in [1.82, 2.24) is 4.98 Å². The second-order valence-electron chi connectivity index (χ2n) is 3.27. The lowest BCUT2D eigenvalue weighted by molar-refractivity contribution is 0.304. The molecule has 3 nitrogen and oxygen atoms in total.